The first kappa shape index (κ1) is 16.7. The summed E-state index contributed by atoms with van der Waals surface area (Å²) in [5, 5.41) is 11.8. The van der Waals surface area contributed by atoms with Crippen LogP contribution in [0.5, 0.6) is 5.75 Å². The zero-order chi connectivity index (χ0) is 18.2. The highest BCUT2D eigenvalue weighted by atomic mass is 16.5. The molecule has 25 heavy (non-hydrogen) atoms. The van der Waals surface area contributed by atoms with Crippen LogP contribution in [0.15, 0.2) is 42.5 Å². The molecule has 1 heterocycles. The minimum atomic E-state index is -1.13. The molecular formula is C19H17NO5. The van der Waals surface area contributed by atoms with Crippen molar-refractivity contribution in [3.05, 3.63) is 59.2 Å². The fourth-order valence-corrected chi connectivity index (χ4v) is 2.77. The number of hydrogen-bond donors (Lipinski definition) is 2. The summed E-state index contributed by atoms with van der Waals surface area (Å²) in [5.41, 5.74) is 0.236. The first-order valence-electron chi connectivity index (χ1n) is 7.77. The Hall–Kier alpha value is -3.15. The van der Waals surface area contributed by atoms with Gasteiger partial charge in [0.1, 0.15) is 11.4 Å². The van der Waals surface area contributed by atoms with E-state index < -0.39 is 17.5 Å². The van der Waals surface area contributed by atoms with Crippen molar-refractivity contribution in [2.24, 2.45) is 0 Å². The number of fused-ring (bicyclic) bond motifs is 1. The first-order chi connectivity index (χ1) is 11.8. The Morgan fingerprint density at radius 1 is 1.16 bits per heavy atom. The molecule has 1 aliphatic rings. The summed E-state index contributed by atoms with van der Waals surface area (Å²) in [4.78, 5) is 36.0. The normalized spacial score (nSPS) is 15.0. The largest absolute Gasteiger partial charge is 0.487 e. The van der Waals surface area contributed by atoms with Gasteiger partial charge in [-0.1, -0.05) is 12.1 Å². The van der Waals surface area contributed by atoms with Crippen LogP contribution in [0.4, 0.5) is 5.69 Å². The van der Waals surface area contributed by atoms with Gasteiger partial charge in [-0.15, -0.1) is 0 Å². The molecule has 0 radical (unpaired) electrons. The number of nitrogens with one attached hydrogen (secondary N) is 1. The summed E-state index contributed by atoms with van der Waals surface area (Å²) < 4.78 is 5.76. The van der Waals surface area contributed by atoms with Crippen LogP contribution in [0, 0.1) is 0 Å². The van der Waals surface area contributed by atoms with E-state index in [1.165, 1.54) is 18.2 Å². The number of carboxylic acid groups (broad SMARTS) is 1. The van der Waals surface area contributed by atoms with Crippen LogP contribution in [0.25, 0.3) is 0 Å². The highest BCUT2D eigenvalue weighted by Gasteiger charge is 2.32. The Kier molecular flexibility index (Phi) is 4.04. The number of Topliss-reactive ketones (excluding diaryl/α,β-unsaturated/α-hetero) is 1. The van der Waals surface area contributed by atoms with Crippen LogP contribution in [-0.4, -0.2) is 28.4 Å². The highest BCUT2D eigenvalue weighted by Crippen LogP contribution is 2.33. The second-order valence-electron chi connectivity index (χ2n) is 6.48. The molecule has 3 rings (SSSR count). The van der Waals surface area contributed by atoms with E-state index in [1.807, 2.05) is 13.8 Å². The van der Waals surface area contributed by atoms with Gasteiger partial charge < -0.3 is 15.2 Å². The molecule has 2 N–H and O–H groups in total. The van der Waals surface area contributed by atoms with Gasteiger partial charge in [0.15, 0.2) is 5.78 Å². The summed E-state index contributed by atoms with van der Waals surface area (Å²) in [6.45, 7) is 3.66. The van der Waals surface area contributed by atoms with Crippen LogP contribution in [0.3, 0.4) is 0 Å². The fraction of sp³-hybridized carbons (Fsp3) is 0.211. The van der Waals surface area contributed by atoms with Crippen molar-refractivity contribution in [2.75, 3.05) is 5.32 Å². The second-order valence-corrected chi connectivity index (χ2v) is 6.48. The van der Waals surface area contributed by atoms with Crippen LogP contribution < -0.4 is 10.1 Å². The van der Waals surface area contributed by atoms with E-state index in [9.17, 15) is 19.5 Å². The lowest BCUT2D eigenvalue weighted by Gasteiger charge is -2.31. The Labute approximate surface area is 144 Å². The maximum atomic E-state index is 12.5. The van der Waals surface area contributed by atoms with E-state index in [1.54, 1.807) is 24.3 Å². The number of rotatable bonds is 3. The van der Waals surface area contributed by atoms with Gasteiger partial charge in [0.05, 0.1) is 23.2 Å². The minimum absolute atomic E-state index is 0.00466. The number of anilines is 1. The second kappa shape index (κ2) is 6.05. The molecular weight excluding hydrogens is 322 g/mol. The molecule has 6 heteroatoms. The lowest BCUT2D eigenvalue weighted by Crippen LogP contribution is -2.36. The summed E-state index contributed by atoms with van der Waals surface area (Å²) in [5.74, 6) is -1.27. The molecule has 2 aromatic carbocycles. The Balaban J connectivity index is 1.89. The van der Waals surface area contributed by atoms with E-state index >= 15 is 0 Å². The SMILES string of the molecule is CC1(C)CC(=O)c2cc(C(=O)Nc3ccccc3C(=O)O)ccc2O1. The van der Waals surface area contributed by atoms with Gasteiger partial charge in [0.25, 0.3) is 5.91 Å². The van der Waals surface area contributed by atoms with Gasteiger partial charge in [-0.2, -0.15) is 0 Å². The summed E-state index contributed by atoms with van der Waals surface area (Å²) >= 11 is 0. The number of ketones is 1. The van der Waals surface area contributed by atoms with Gasteiger partial charge >= 0.3 is 5.97 Å². The number of carbonyl (C=O) groups is 3. The molecule has 0 atom stereocenters. The molecule has 0 unspecified atom stereocenters. The molecule has 0 bridgehead atoms. The van der Waals surface area contributed by atoms with Gasteiger partial charge in [0, 0.05) is 5.56 Å². The van der Waals surface area contributed by atoms with Gasteiger partial charge in [0.2, 0.25) is 0 Å². The molecule has 1 aliphatic heterocycles. The van der Waals surface area contributed by atoms with Gasteiger partial charge in [-0.3, -0.25) is 9.59 Å². The van der Waals surface area contributed by atoms with E-state index in [0.717, 1.165) is 0 Å². The number of hydrogen-bond acceptors (Lipinski definition) is 4. The molecule has 2 aromatic rings. The Morgan fingerprint density at radius 3 is 2.60 bits per heavy atom. The molecule has 128 valence electrons. The number of carbonyl (C=O) groups excluding carboxylic acids is 2. The van der Waals surface area contributed by atoms with E-state index in [4.69, 9.17) is 4.74 Å². The zero-order valence-electron chi connectivity index (χ0n) is 13.8. The van der Waals surface area contributed by atoms with E-state index in [2.05, 4.69) is 5.32 Å². The predicted octanol–water partition coefficient (Wildman–Crippen LogP) is 3.38. The maximum absolute atomic E-state index is 12.5. The van der Waals surface area contributed by atoms with Crippen molar-refractivity contribution in [1.82, 2.24) is 0 Å². The van der Waals surface area contributed by atoms with Crippen LogP contribution in [0.1, 0.15) is 51.3 Å². The van der Waals surface area contributed by atoms with E-state index in [0.29, 0.717) is 11.3 Å². The number of benzene rings is 2. The standard InChI is InChI=1S/C19H17NO5/c1-19(2)10-15(21)13-9-11(7-8-16(13)25-19)17(22)20-14-6-4-3-5-12(14)18(23)24/h3-9H,10H2,1-2H3,(H,20,22)(H,23,24). The van der Waals surface area contributed by atoms with Gasteiger partial charge in [-0.25, -0.2) is 4.79 Å². The average Bonchev–Trinajstić information content (AvgIpc) is 2.53. The van der Waals surface area contributed by atoms with Crippen LogP contribution in [0.2, 0.25) is 0 Å². The Bertz CT molecular complexity index is 885. The third kappa shape index (κ3) is 3.38. The molecule has 0 saturated heterocycles. The van der Waals surface area contributed by atoms with Gasteiger partial charge in [-0.05, 0) is 44.2 Å². The number of carboxylic acids is 1. The lowest BCUT2D eigenvalue weighted by molar-refractivity contribution is 0.0618. The molecule has 6 nitrogen and oxygen atoms in total. The van der Waals surface area contributed by atoms with Crippen molar-refractivity contribution in [3.63, 3.8) is 0 Å². The lowest BCUT2D eigenvalue weighted by atomic mass is 9.92. The number of para-hydroxylation sites is 1. The molecule has 0 aliphatic carbocycles. The maximum Gasteiger partial charge on any atom is 0.337 e. The van der Waals surface area contributed by atoms with Crippen molar-refractivity contribution in [1.29, 1.82) is 0 Å². The average molecular weight is 339 g/mol. The zero-order valence-corrected chi connectivity index (χ0v) is 13.8. The third-order valence-electron chi connectivity index (χ3n) is 3.92. The number of ether oxygens (including phenoxy) is 1. The quantitative estimate of drug-likeness (QED) is 0.894. The van der Waals surface area contributed by atoms with Crippen molar-refractivity contribution in [2.45, 2.75) is 25.9 Å². The highest BCUT2D eigenvalue weighted by molar-refractivity contribution is 6.09. The van der Waals surface area contributed by atoms with Crippen molar-refractivity contribution < 1.29 is 24.2 Å². The molecule has 0 saturated carbocycles. The van der Waals surface area contributed by atoms with Crippen LogP contribution in [-0.2, 0) is 0 Å². The fourth-order valence-electron chi connectivity index (χ4n) is 2.77. The summed E-state index contributed by atoms with van der Waals surface area (Å²) in [6, 6.07) is 10.7. The van der Waals surface area contributed by atoms with Crippen molar-refractivity contribution >= 4 is 23.3 Å². The molecule has 0 spiro atoms. The van der Waals surface area contributed by atoms with Crippen molar-refractivity contribution in [3.8, 4) is 5.75 Å². The predicted molar refractivity (Wildman–Crippen MR) is 91.5 cm³/mol. The summed E-state index contributed by atoms with van der Waals surface area (Å²) in [7, 11) is 0. The number of amides is 1. The van der Waals surface area contributed by atoms with E-state index in [-0.39, 0.29) is 29.0 Å². The molecule has 0 aromatic heterocycles. The topological polar surface area (TPSA) is 92.7 Å². The smallest absolute Gasteiger partial charge is 0.337 e. The Morgan fingerprint density at radius 2 is 1.88 bits per heavy atom. The number of aromatic carboxylic acids is 1. The molecule has 0 fully saturated rings. The first-order valence-corrected chi connectivity index (χ1v) is 7.77. The summed E-state index contributed by atoms with van der Waals surface area (Å²) in [6.07, 6.45) is 0.229. The monoisotopic (exact) mass is 339 g/mol. The third-order valence-corrected chi connectivity index (χ3v) is 3.92. The van der Waals surface area contributed by atoms with Crippen LogP contribution >= 0.6 is 0 Å². The minimum Gasteiger partial charge on any atom is -0.487 e. The molecule has 1 amide bonds.